The Morgan fingerprint density at radius 2 is 2.00 bits per heavy atom. The van der Waals surface area contributed by atoms with E-state index in [0.29, 0.717) is 10.8 Å². The average Bonchev–Trinajstić information content (AvgIpc) is 1.84. The first kappa shape index (κ1) is 7.63. The van der Waals surface area contributed by atoms with E-state index < -0.39 is 0 Å². The Morgan fingerprint density at radius 3 is 2.50 bits per heavy atom. The third-order valence-corrected chi connectivity index (χ3v) is 1.82. The predicted molar refractivity (Wildman–Crippen MR) is 43.4 cm³/mol. The van der Waals surface area contributed by atoms with Crippen LogP contribution in [0, 0.1) is 6.92 Å². The minimum Gasteiger partial charge on any atom is -0.396 e. The Kier molecular flexibility index (Phi) is 2.02. The molecule has 0 saturated carbocycles. The van der Waals surface area contributed by atoms with Crippen molar-refractivity contribution in [1.82, 2.24) is 4.98 Å². The average molecular weight is 177 g/mol. The van der Waals surface area contributed by atoms with E-state index in [9.17, 15) is 0 Å². The Hall–Kier alpha value is -0.470. The molecule has 0 spiro atoms. The molecule has 0 aliphatic heterocycles. The summed E-state index contributed by atoms with van der Waals surface area (Å²) in [6.07, 6.45) is 0. The molecule has 1 aromatic rings. The van der Waals surface area contributed by atoms with Gasteiger partial charge in [0.05, 0.1) is 5.69 Å². The van der Waals surface area contributed by atoms with Crippen molar-refractivity contribution in [2.75, 3.05) is 5.73 Å². The summed E-state index contributed by atoms with van der Waals surface area (Å²) in [5.74, 6) is 0. The summed E-state index contributed by atoms with van der Waals surface area (Å²) in [7, 11) is 0. The van der Waals surface area contributed by atoms with Gasteiger partial charge in [0.25, 0.3) is 0 Å². The fraction of sp³-hybridized carbons (Fsp3) is 0.167. The van der Waals surface area contributed by atoms with Crippen LogP contribution in [0.5, 0.6) is 0 Å². The minimum atomic E-state index is 0.260. The Labute approximate surface area is 69.0 Å². The van der Waals surface area contributed by atoms with E-state index in [1.807, 2.05) is 6.92 Å². The van der Waals surface area contributed by atoms with E-state index in [4.69, 9.17) is 28.9 Å². The number of hydrogen-bond donors (Lipinski definition) is 1. The van der Waals surface area contributed by atoms with Gasteiger partial charge in [-0.25, -0.2) is 4.98 Å². The van der Waals surface area contributed by atoms with Gasteiger partial charge in [-0.15, -0.1) is 0 Å². The molecular formula is C6H6Cl2N2. The van der Waals surface area contributed by atoms with Crippen molar-refractivity contribution in [3.63, 3.8) is 0 Å². The lowest BCUT2D eigenvalue weighted by molar-refractivity contribution is 1.27. The number of aryl methyl sites for hydroxylation is 1. The molecule has 0 amide bonds. The highest BCUT2D eigenvalue weighted by Crippen LogP contribution is 2.21. The van der Waals surface area contributed by atoms with Gasteiger partial charge in [0.1, 0.15) is 5.15 Å². The van der Waals surface area contributed by atoms with Crippen LogP contribution in [-0.2, 0) is 0 Å². The molecule has 0 radical (unpaired) electrons. The zero-order chi connectivity index (χ0) is 7.72. The number of aromatic nitrogens is 1. The van der Waals surface area contributed by atoms with Crippen molar-refractivity contribution >= 4 is 28.9 Å². The van der Waals surface area contributed by atoms with Crippen LogP contribution in [-0.4, -0.2) is 4.98 Å². The maximum absolute atomic E-state index is 5.63. The lowest BCUT2D eigenvalue weighted by Gasteiger charge is -1.99. The SMILES string of the molecule is Cc1cc(N)c(Cl)nc1Cl. The maximum Gasteiger partial charge on any atom is 0.153 e. The Bertz CT molecular complexity index is 210. The lowest BCUT2D eigenvalue weighted by atomic mass is 10.3. The third-order valence-electron chi connectivity index (χ3n) is 1.13. The van der Waals surface area contributed by atoms with E-state index in [-0.39, 0.29) is 5.15 Å². The second-order valence-electron chi connectivity index (χ2n) is 1.98. The monoisotopic (exact) mass is 176 g/mol. The van der Waals surface area contributed by atoms with Crippen LogP contribution < -0.4 is 5.73 Å². The number of halogens is 2. The van der Waals surface area contributed by atoms with Gasteiger partial charge in [0, 0.05) is 0 Å². The fourth-order valence-electron chi connectivity index (χ4n) is 0.591. The highest BCUT2D eigenvalue weighted by atomic mass is 35.5. The molecule has 10 heavy (non-hydrogen) atoms. The topological polar surface area (TPSA) is 38.9 Å². The van der Waals surface area contributed by atoms with Gasteiger partial charge in [-0.05, 0) is 18.6 Å². The smallest absolute Gasteiger partial charge is 0.153 e. The van der Waals surface area contributed by atoms with Crippen molar-refractivity contribution in [3.8, 4) is 0 Å². The molecule has 0 fully saturated rings. The molecule has 1 aromatic heterocycles. The van der Waals surface area contributed by atoms with Crippen LogP contribution in [0.2, 0.25) is 10.3 Å². The van der Waals surface area contributed by atoms with Gasteiger partial charge < -0.3 is 5.73 Å². The first-order valence-corrected chi connectivity index (χ1v) is 3.45. The lowest BCUT2D eigenvalue weighted by Crippen LogP contribution is -1.91. The van der Waals surface area contributed by atoms with Crippen LogP contribution in [0.3, 0.4) is 0 Å². The number of nitrogens with zero attached hydrogens (tertiary/aromatic N) is 1. The molecule has 0 aliphatic rings. The molecule has 4 heteroatoms. The molecule has 0 saturated heterocycles. The van der Waals surface area contributed by atoms with Crippen LogP contribution in [0.1, 0.15) is 5.56 Å². The van der Waals surface area contributed by atoms with Crippen LogP contribution >= 0.6 is 23.2 Å². The third kappa shape index (κ3) is 1.33. The van der Waals surface area contributed by atoms with Gasteiger partial charge in [-0.1, -0.05) is 23.2 Å². The van der Waals surface area contributed by atoms with Gasteiger partial charge in [0.15, 0.2) is 5.15 Å². The Morgan fingerprint density at radius 1 is 1.40 bits per heavy atom. The summed E-state index contributed by atoms with van der Waals surface area (Å²) < 4.78 is 0. The molecule has 1 heterocycles. The standard InChI is InChI=1S/C6H6Cl2N2/c1-3-2-4(9)6(8)10-5(3)7/h2H,9H2,1H3. The largest absolute Gasteiger partial charge is 0.396 e. The van der Waals surface area contributed by atoms with E-state index in [2.05, 4.69) is 4.98 Å². The highest BCUT2D eigenvalue weighted by molar-refractivity contribution is 6.34. The summed E-state index contributed by atoms with van der Waals surface area (Å²) in [5, 5.41) is 0.662. The van der Waals surface area contributed by atoms with Crippen LogP contribution in [0.15, 0.2) is 6.07 Å². The van der Waals surface area contributed by atoms with Crippen molar-refractivity contribution in [2.45, 2.75) is 6.92 Å². The zero-order valence-corrected chi connectivity index (χ0v) is 6.87. The predicted octanol–water partition coefficient (Wildman–Crippen LogP) is 2.28. The van der Waals surface area contributed by atoms with Crippen molar-refractivity contribution < 1.29 is 0 Å². The fourth-order valence-corrected chi connectivity index (χ4v) is 0.913. The molecule has 0 bridgehead atoms. The van der Waals surface area contributed by atoms with Crippen LogP contribution in [0.4, 0.5) is 5.69 Å². The molecule has 0 aliphatic carbocycles. The summed E-state index contributed by atoms with van der Waals surface area (Å²) in [6, 6.07) is 1.69. The highest BCUT2D eigenvalue weighted by Gasteiger charge is 2.01. The Balaban J connectivity index is 3.28. The molecule has 0 aromatic carbocycles. The first-order valence-electron chi connectivity index (χ1n) is 2.69. The molecule has 1 rings (SSSR count). The quantitative estimate of drug-likeness (QED) is 0.617. The summed E-state index contributed by atoms with van der Waals surface area (Å²) >= 11 is 11.2. The van der Waals surface area contributed by atoms with Crippen molar-refractivity contribution in [1.29, 1.82) is 0 Å². The van der Waals surface area contributed by atoms with E-state index in [1.54, 1.807) is 6.07 Å². The van der Waals surface area contributed by atoms with Crippen molar-refractivity contribution in [2.24, 2.45) is 0 Å². The molecule has 54 valence electrons. The number of pyridine rings is 1. The number of rotatable bonds is 0. The molecule has 2 nitrogen and oxygen atoms in total. The number of nitrogen functional groups attached to an aromatic ring is 1. The number of anilines is 1. The molecule has 0 atom stereocenters. The summed E-state index contributed by atoms with van der Waals surface area (Å²) in [6.45, 7) is 1.82. The minimum absolute atomic E-state index is 0.260. The van der Waals surface area contributed by atoms with Crippen molar-refractivity contribution in [3.05, 3.63) is 21.9 Å². The van der Waals surface area contributed by atoms with E-state index in [0.717, 1.165) is 5.56 Å². The van der Waals surface area contributed by atoms with E-state index >= 15 is 0 Å². The van der Waals surface area contributed by atoms with E-state index in [1.165, 1.54) is 0 Å². The van der Waals surface area contributed by atoms with Gasteiger partial charge in [-0.3, -0.25) is 0 Å². The second kappa shape index (κ2) is 2.64. The number of nitrogens with two attached hydrogens (primary N) is 1. The normalized spacial score (nSPS) is 9.90. The first-order chi connectivity index (χ1) is 4.61. The molecular weight excluding hydrogens is 171 g/mol. The summed E-state index contributed by atoms with van der Waals surface area (Å²) in [5.41, 5.74) is 6.73. The molecule has 2 N–H and O–H groups in total. The molecule has 0 unspecified atom stereocenters. The maximum atomic E-state index is 5.63. The zero-order valence-electron chi connectivity index (χ0n) is 5.36. The van der Waals surface area contributed by atoms with Crippen LogP contribution in [0.25, 0.3) is 0 Å². The van der Waals surface area contributed by atoms with Gasteiger partial charge in [0.2, 0.25) is 0 Å². The number of hydrogen-bond acceptors (Lipinski definition) is 2. The van der Waals surface area contributed by atoms with Gasteiger partial charge >= 0.3 is 0 Å². The second-order valence-corrected chi connectivity index (χ2v) is 2.69. The summed E-state index contributed by atoms with van der Waals surface area (Å²) in [4.78, 5) is 3.78. The van der Waals surface area contributed by atoms with Gasteiger partial charge in [-0.2, -0.15) is 0 Å².